The number of piperidine rings is 1. The molecule has 1 unspecified atom stereocenters. The number of hydrogen-bond donors (Lipinski definition) is 1. The average molecular weight is 390 g/mol. The van der Waals surface area contributed by atoms with Gasteiger partial charge in [-0.05, 0) is 61.6 Å². The fourth-order valence-electron chi connectivity index (χ4n) is 6.88. The summed E-state index contributed by atoms with van der Waals surface area (Å²) in [4.78, 5) is 16.0. The highest BCUT2D eigenvalue weighted by Gasteiger charge is 2.69. The largest absolute Gasteiger partial charge is 0.504 e. The van der Waals surface area contributed by atoms with Gasteiger partial charge < -0.3 is 9.84 Å². The molecule has 2 bridgehead atoms. The van der Waals surface area contributed by atoms with Crippen LogP contribution in [0.4, 0.5) is 0 Å². The van der Waals surface area contributed by atoms with Crippen molar-refractivity contribution in [3.63, 3.8) is 0 Å². The normalized spacial score (nSPS) is 41.6. The molecule has 1 saturated heterocycles. The highest BCUT2D eigenvalue weighted by Crippen LogP contribution is 2.65. The van der Waals surface area contributed by atoms with Crippen molar-refractivity contribution in [3.8, 4) is 11.5 Å². The van der Waals surface area contributed by atoms with Crippen LogP contribution in [0.15, 0.2) is 12.1 Å². The number of ketones is 1. The number of rotatable bonds is 2. The first-order chi connectivity index (χ1) is 12.5. The van der Waals surface area contributed by atoms with Crippen molar-refractivity contribution in [2.24, 2.45) is 23.7 Å². The number of carbonyl (C=O) groups excluding carboxylic acids is 1. The van der Waals surface area contributed by atoms with Crippen molar-refractivity contribution >= 4 is 18.2 Å². The summed E-state index contributed by atoms with van der Waals surface area (Å²) < 4.78 is 6.25. The number of carbonyl (C=O) groups is 1. The Morgan fingerprint density at radius 3 is 2.81 bits per heavy atom. The van der Waals surface area contributed by atoms with Crippen LogP contribution in [0, 0.1) is 23.7 Å². The fourth-order valence-corrected chi connectivity index (χ4v) is 6.88. The average Bonchev–Trinajstić information content (AvgIpc) is 3.38. The molecule has 27 heavy (non-hydrogen) atoms. The van der Waals surface area contributed by atoms with E-state index in [1.807, 2.05) is 0 Å². The lowest BCUT2D eigenvalue weighted by Crippen LogP contribution is -2.69. The molecule has 1 aromatic rings. The lowest BCUT2D eigenvalue weighted by atomic mass is 9.47. The minimum atomic E-state index is -0.397. The smallest absolute Gasteiger partial charge is 0.177 e. The van der Waals surface area contributed by atoms with Gasteiger partial charge in [0.05, 0.1) is 0 Å². The number of hydrogen-bond acceptors (Lipinski definition) is 4. The number of phenols is 1. The Balaban J connectivity index is 0.00000160. The molecule has 6 rings (SSSR count). The van der Waals surface area contributed by atoms with Crippen molar-refractivity contribution in [1.82, 2.24) is 4.90 Å². The molecule has 0 radical (unpaired) electrons. The van der Waals surface area contributed by atoms with E-state index in [0.29, 0.717) is 23.6 Å². The highest BCUT2D eigenvalue weighted by molar-refractivity contribution is 5.91. The van der Waals surface area contributed by atoms with Gasteiger partial charge in [-0.1, -0.05) is 19.9 Å². The number of Topliss-reactive ketones (excluding diaryl/α,β-unsaturated/α-hetero) is 1. The number of benzene rings is 1. The van der Waals surface area contributed by atoms with E-state index in [0.717, 1.165) is 25.3 Å². The summed E-state index contributed by atoms with van der Waals surface area (Å²) in [6.45, 7) is 6.64. The molecule has 1 aromatic carbocycles. The summed E-state index contributed by atoms with van der Waals surface area (Å²) in [5, 5.41) is 10.5. The first-order valence-electron chi connectivity index (χ1n) is 10.3. The number of nitrogens with zero attached hydrogens (tertiary/aromatic N) is 1. The van der Waals surface area contributed by atoms with Gasteiger partial charge >= 0.3 is 0 Å². The van der Waals surface area contributed by atoms with E-state index < -0.39 is 6.10 Å². The Labute approximate surface area is 166 Å². The van der Waals surface area contributed by atoms with Gasteiger partial charge in [0, 0.05) is 29.5 Å². The minimum absolute atomic E-state index is 0. The zero-order chi connectivity index (χ0) is 17.8. The molecule has 2 heterocycles. The van der Waals surface area contributed by atoms with Crippen molar-refractivity contribution in [3.05, 3.63) is 23.3 Å². The summed E-state index contributed by atoms with van der Waals surface area (Å²) in [5.74, 6) is 2.78. The number of halogens is 1. The van der Waals surface area contributed by atoms with Crippen molar-refractivity contribution in [1.29, 1.82) is 0 Å². The second-order valence-corrected chi connectivity index (χ2v) is 9.52. The van der Waals surface area contributed by atoms with Crippen LogP contribution < -0.4 is 4.74 Å². The Morgan fingerprint density at radius 2 is 2.07 bits per heavy atom. The monoisotopic (exact) mass is 389 g/mol. The first kappa shape index (κ1) is 17.8. The molecule has 1 spiro atoms. The van der Waals surface area contributed by atoms with Crippen molar-refractivity contribution in [2.45, 2.75) is 57.1 Å². The maximum atomic E-state index is 13.2. The Bertz CT molecular complexity index is 822. The van der Waals surface area contributed by atoms with Gasteiger partial charge in [-0.2, -0.15) is 0 Å². The van der Waals surface area contributed by atoms with Gasteiger partial charge in [0.25, 0.3) is 0 Å². The third kappa shape index (κ3) is 2.06. The van der Waals surface area contributed by atoms with Gasteiger partial charge in [0.15, 0.2) is 23.4 Å². The van der Waals surface area contributed by atoms with Crippen LogP contribution in [0.1, 0.15) is 44.2 Å². The van der Waals surface area contributed by atoms with E-state index in [1.165, 1.54) is 30.5 Å². The number of phenolic OH excluding ortho intramolecular Hbond substituents is 1. The second-order valence-electron chi connectivity index (χ2n) is 9.52. The van der Waals surface area contributed by atoms with Crippen molar-refractivity contribution < 1.29 is 14.6 Å². The maximum Gasteiger partial charge on any atom is 0.177 e. The first-order valence-corrected chi connectivity index (χ1v) is 10.3. The van der Waals surface area contributed by atoms with Crippen molar-refractivity contribution in [2.75, 3.05) is 13.1 Å². The predicted octanol–water partition coefficient (Wildman–Crippen LogP) is 3.32. The molecule has 5 heteroatoms. The van der Waals surface area contributed by atoms with Crippen LogP contribution in [0.3, 0.4) is 0 Å². The van der Waals surface area contributed by atoms with E-state index in [9.17, 15) is 9.90 Å². The third-order valence-electron chi connectivity index (χ3n) is 8.36. The number of likely N-dealkylation sites (tertiary alicyclic amines) is 1. The standard InChI is InChI=1S/C22H27NO3.ClH/c1-11-12(2)19(25)21-22-7-8-23(10-13-3-4-13)15(17(11)22)9-14-5-6-16(24)20(26-21)18(14)22;/h5-6,11-13,15,17,21,24H,3-4,7-10H2,1-2H3;1H/t11-,12-,15+,17-,21?,22-;/m0./s1. The summed E-state index contributed by atoms with van der Waals surface area (Å²) in [5.41, 5.74) is 2.27. The molecule has 3 fully saturated rings. The predicted molar refractivity (Wildman–Crippen MR) is 105 cm³/mol. The Morgan fingerprint density at radius 1 is 1.30 bits per heavy atom. The molecule has 2 saturated carbocycles. The summed E-state index contributed by atoms with van der Waals surface area (Å²) in [7, 11) is 0. The van der Waals surface area contributed by atoms with Crippen LogP contribution in [-0.2, 0) is 16.6 Å². The van der Waals surface area contributed by atoms with Gasteiger partial charge in [-0.15, -0.1) is 12.4 Å². The minimum Gasteiger partial charge on any atom is -0.504 e. The van der Waals surface area contributed by atoms with Gasteiger partial charge in [-0.25, -0.2) is 0 Å². The molecule has 2 aliphatic heterocycles. The van der Waals surface area contributed by atoms with Gasteiger partial charge in [-0.3, -0.25) is 9.69 Å². The molecule has 0 aromatic heterocycles. The van der Waals surface area contributed by atoms with Crippen LogP contribution in [0.5, 0.6) is 11.5 Å². The molecular weight excluding hydrogens is 362 g/mol. The maximum absolute atomic E-state index is 13.2. The van der Waals surface area contributed by atoms with Crippen LogP contribution in [-0.4, -0.2) is 41.0 Å². The zero-order valence-electron chi connectivity index (χ0n) is 16.0. The Kier molecular flexibility index (Phi) is 3.72. The second kappa shape index (κ2) is 5.64. The number of aromatic hydroxyl groups is 1. The molecule has 1 N–H and O–H groups in total. The molecule has 0 amide bonds. The lowest BCUT2D eigenvalue weighted by molar-refractivity contribution is -0.151. The SMILES string of the molecule is C[C@@H]1[C@H]2[C@H]3Cc4ccc(O)c5c4[C@@]2(CCN3CC2CC2)C(O5)C(=O)[C@H]1C.Cl. The van der Waals surface area contributed by atoms with Gasteiger partial charge in [0.2, 0.25) is 0 Å². The molecular formula is C22H28ClNO3. The van der Waals surface area contributed by atoms with Crippen LogP contribution >= 0.6 is 12.4 Å². The molecule has 4 nitrogen and oxygen atoms in total. The van der Waals surface area contributed by atoms with E-state index >= 15 is 0 Å². The lowest BCUT2D eigenvalue weighted by Gasteiger charge is -2.61. The quantitative estimate of drug-likeness (QED) is 0.842. The number of ether oxygens (including phenoxy) is 1. The van der Waals surface area contributed by atoms with Crippen LogP contribution in [0.25, 0.3) is 0 Å². The molecule has 146 valence electrons. The zero-order valence-corrected chi connectivity index (χ0v) is 16.8. The topological polar surface area (TPSA) is 49.8 Å². The van der Waals surface area contributed by atoms with Crippen LogP contribution in [0.2, 0.25) is 0 Å². The van der Waals surface area contributed by atoms with E-state index in [-0.39, 0.29) is 35.3 Å². The molecule has 6 atom stereocenters. The van der Waals surface area contributed by atoms with Gasteiger partial charge in [0.1, 0.15) is 0 Å². The fraction of sp³-hybridized carbons (Fsp3) is 0.682. The third-order valence-corrected chi connectivity index (χ3v) is 8.36. The van der Waals surface area contributed by atoms with E-state index in [1.54, 1.807) is 6.07 Å². The summed E-state index contributed by atoms with van der Waals surface area (Å²) in [6, 6.07) is 4.35. The molecule has 5 aliphatic rings. The highest BCUT2D eigenvalue weighted by atomic mass is 35.5. The van der Waals surface area contributed by atoms with E-state index in [4.69, 9.17) is 4.74 Å². The summed E-state index contributed by atoms with van der Waals surface area (Å²) >= 11 is 0. The Hall–Kier alpha value is -1.26. The molecule has 3 aliphatic carbocycles. The summed E-state index contributed by atoms with van der Waals surface area (Å²) in [6.07, 6.45) is 4.38. The van der Waals surface area contributed by atoms with E-state index in [2.05, 4.69) is 24.8 Å².